The van der Waals surface area contributed by atoms with E-state index in [9.17, 15) is 13.9 Å². The molecule has 1 aliphatic carbocycles. The number of aliphatic hydroxyl groups is 1. The number of allylic oxidation sites excluding steroid dienone is 2. The van der Waals surface area contributed by atoms with Crippen molar-refractivity contribution in [3.05, 3.63) is 65.4 Å². The van der Waals surface area contributed by atoms with E-state index in [1.807, 2.05) is 6.07 Å². The molecule has 0 unspecified atom stereocenters. The minimum Gasteiger partial charge on any atom is -0.385 e. The van der Waals surface area contributed by atoms with Crippen LogP contribution in [-0.2, 0) is 6.42 Å². The summed E-state index contributed by atoms with van der Waals surface area (Å²) in [6, 6.07) is 6.99. The Bertz CT molecular complexity index is 868. The van der Waals surface area contributed by atoms with Crippen molar-refractivity contribution < 1.29 is 13.9 Å². The van der Waals surface area contributed by atoms with E-state index in [0.29, 0.717) is 27.9 Å². The van der Waals surface area contributed by atoms with Crippen molar-refractivity contribution in [2.45, 2.75) is 24.6 Å². The molecular weight excluding hydrogens is 324 g/mol. The molecule has 1 aromatic heterocycles. The fraction of sp³-hybridized carbons (Fsp3) is 0.263. The van der Waals surface area contributed by atoms with Gasteiger partial charge in [-0.15, -0.1) is 0 Å². The normalized spacial score (nSPS) is 19.9. The maximum absolute atomic E-state index is 14.2. The van der Waals surface area contributed by atoms with Gasteiger partial charge in [-0.2, -0.15) is 10.4 Å². The zero-order chi connectivity index (χ0) is 18.1. The molecule has 1 aromatic carbocycles. The third kappa shape index (κ3) is 2.77. The number of hydrogen-bond acceptors (Lipinski definition) is 3. The smallest absolute Gasteiger partial charge is 0.134 e. The quantitative estimate of drug-likeness (QED) is 0.643. The minimum atomic E-state index is -1.47. The highest BCUT2D eigenvalue weighted by Crippen LogP contribution is 2.44. The first kappa shape index (κ1) is 17.1. The molecule has 128 valence electrons. The summed E-state index contributed by atoms with van der Waals surface area (Å²) in [6.07, 6.45) is -1.21. The molecule has 0 amide bonds. The van der Waals surface area contributed by atoms with Crippen molar-refractivity contribution in [1.29, 1.82) is 5.26 Å². The molecule has 0 saturated heterocycles. The molecule has 3 atom stereocenters. The van der Waals surface area contributed by atoms with Crippen molar-refractivity contribution in [1.82, 2.24) is 10.2 Å². The van der Waals surface area contributed by atoms with Crippen LogP contribution in [-0.4, -0.2) is 28.2 Å². The van der Waals surface area contributed by atoms with E-state index >= 15 is 0 Å². The van der Waals surface area contributed by atoms with Crippen LogP contribution in [0.3, 0.4) is 0 Å². The Hall–Kier alpha value is -2.78. The lowest BCUT2D eigenvalue weighted by Crippen LogP contribution is -2.09. The molecule has 0 spiro atoms. The second-order valence-corrected chi connectivity index (χ2v) is 6.05. The van der Waals surface area contributed by atoms with Crippen LogP contribution in [0.1, 0.15) is 28.7 Å². The van der Waals surface area contributed by atoms with E-state index in [2.05, 4.69) is 23.4 Å². The van der Waals surface area contributed by atoms with Crippen LogP contribution < -0.4 is 0 Å². The first-order chi connectivity index (χ1) is 12.0. The van der Waals surface area contributed by atoms with Gasteiger partial charge in [0.05, 0.1) is 11.8 Å². The van der Waals surface area contributed by atoms with Gasteiger partial charge in [-0.1, -0.05) is 25.3 Å². The number of nitrogens with zero attached hydrogens (tertiary/aromatic N) is 2. The summed E-state index contributed by atoms with van der Waals surface area (Å²) >= 11 is 0. The molecule has 2 aromatic rings. The van der Waals surface area contributed by atoms with Crippen molar-refractivity contribution >= 4 is 0 Å². The number of rotatable bonds is 5. The average molecular weight is 341 g/mol. The Morgan fingerprint density at radius 2 is 2.20 bits per heavy atom. The van der Waals surface area contributed by atoms with Gasteiger partial charge < -0.3 is 5.11 Å². The maximum atomic E-state index is 14.2. The second kappa shape index (κ2) is 6.61. The Morgan fingerprint density at radius 3 is 2.80 bits per heavy atom. The number of H-pyrrole nitrogens is 1. The SMILES string of the molecule is C=C(C#N)C(=C)[C@H](CF)c1ccc(-c2ccn[nH]2)c2c1C[C@@H](F)[C@H]2O. The van der Waals surface area contributed by atoms with E-state index in [-0.39, 0.29) is 17.6 Å². The van der Waals surface area contributed by atoms with Gasteiger partial charge in [-0.3, -0.25) is 9.49 Å². The number of halogens is 2. The number of nitrogens with one attached hydrogen (secondary N) is 1. The fourth-order valence-electron chi connectivity index (χ4n) is 3.35. The largest absolute Gasteiger partial charge is 0.385 e. The Kier molecular flexibility index (Phi) is 4.51. The zero-order valence-electron chi connectivity index (χ0n) is 13.5. The van der Waals surface area contributed by atoms with Crippen molar-refractivity contribution in [2.24, 2.45) is 0 Å². The van der Waals surface area contributed by atoms with Gasteiger partial charge in [0.1, 0.15) is 19.0 Å². The molecule has 25 heavy (non-hydrogen) atoms. The van der Waals surface area contributed by atoms with E-state index in [1.165, 1.54) is 0 Å². The number of benzene rings is 1. The molecule has 0 saturated carbocycles. The second-order valence-electron chi connectivity index (χ2n) is 6.05. The summed E-state index contributed by atoms with van der Waals surface area (Å²) in [6.45, 7) is 6.57. The molecule has 0 bridgehead atoms. The van der Waals surface area contributed by atoms with Gasteiger partial charge >= 0.3 is 0 Å². The highest BCUT2D eigenvalue weighted by atomic mass is 19.1. The topological polar surface area (TPSA) is 72.7 Å². The van der Waals surface area contributed by atoms with Crippen LogP contribution in [0.5, 0.6) is 0 Å². The van der Waals surface area contributed by atoms with Crippen LogP contribution in [0.2, 0.25) is 0 Å². The summed E-state index contributed by atoms with van der Waals surface area (Å²) in [5.41, 5.74) is 3.15. The number of hydrogen-bond donors (Lipinski definition) is 2. The van der Waals surface area contributed by atoms with Crippen LogP contribution in [0.15, 0.2) is 48.7 Å². The van der Waals surface area contributed by atoms with Crippen LogP contribution in [0.4, 0.5) is 8.78 Å². The summed E-state index contributed by atoms with van der Waals surface area (Å²) in [7, 11) is 0. The van der Waals surface area contributed by atoms with E-state index in [0.717, 1.165) is 0 Å². The Labute approximate surface area is 144 Å². The first-order valence-electron chi connectivity index (χ1n) is 7.81. The third-order valence-electron chi connectivity index (χ3n) is 4.69. The summed E-state index contributed by atoms with van der Waals surface area (Å²) in [5.74, 6) is -0.797. The van der Waals surface area contributed by atoms with Crippen LogP contribution >= 0.6 is 0 Å². The number of aliphatic hydroxyl groups excluding tert-OH is 1. The van der Waals surface area contributed by atoms with E-state index in [4.69, 9.17) is 5.26 Å². The number of nitriles is 1. The average Bonchev–Trinajstić information content (AvgIpc) is 3.24. The van der Waals surface area contributed by atoms with Crippen LogP contribution in [0.25, 0.3) is 11.3 Å². The number of fused-ring (bicyclic) bond motifs is 1. The molecule has 0 aliphatic heterocycles. The number of aromatic nitrogens is 2. The minimum absolute atomic E-state index is 0.0172. The van der Waals surface area contributed by atoms with Gasteiger partial charge in [0.2, 0.25) is 0 Å². The van der Waals surface area contributed by atoms with Crippen molar-refractivity contribution in [3.8, 4) is 17.3 Å². The zero-order valence-corrected chi connectivity index (χ0v) is 13.5. The van der Waals surface area contributed by atoms with Gasteiger partial charge in [0.25, 0.3) is 0 Å². The molecule has 1 aliphatic rings. The molecule has 2 N–H and O–H groups in total. The molecule has 0 fully saturated rings. The van der Waals surface area contributed by atoms with Crippen molar-refractivity contribution in [3.63, 3.8) is 0 Å². The lowest BCUT2D eigenvalue weighted by Gasteiger charge is -2.21. The van der Waals surface area contributed by atoms with Gasteiger partial charge in [0.15, 0.2) is 0 Å². The molecular formula is C19H17F2N3O. The van der Waals surface area contributed by atoms with E-state index < -0.39 is 24.9 Å². The lowest BCUT2D eigenvalue weighted by molar-refractivity contribution is 0.0929. The predicted octanol–water partition coefficient (Wildman–Crippen LogP) is 3.69. The molecule has 0 radical (unpaired) electrons. The summed E-state index contributed by atoms with van der Waals surface area (Å²) in [4.78, 5) is 0. The molecule has 3 rings (SSSR count). The number of aromatic amines is 1. The monoisotopic (exact) mass is 341 g/mol. The van der Waals surface area contributed by atoms with Crippen LogP contribution in [0, 0.1) is 11.3 Å². The lowest BCUT2D eigenvalue weighted by atomic mass is 9.84. The maximum Gasteiger partial charge on any atom is 0.134 e. The summed E-state index contributed by atoms with van der Waals surface area (Å²) < 4.78 is 28.0. The third-order valence-corrected chi connectivity index (χ3v) is 4.69. The molecule has 1 heterocycles. The summed E-state index contributed by atoms with van der Waals surface area (Å²) in [5, 5.41) is 26.0. The number of alkyl halides is 2. The van der Waals surface area contributed by atoms with Gasteiger partial charge in [-0.25, -0.2) is 4.39 Å². The van der Waals surface area contributed by atoms with Crippen molar-refractivity contribution in [2.75, 3.05) is 6.67 Å². The standard InChI is InChI=1S/C19H17F2N3O/c1-10(9-22)11(2)15(8-20)12-3-4-13(17-5-6-23-24-17)18-14(12)7-16(21)19(18)25/h3-6,15-16,19,25H,1-2,7-8H2,(H,23,24)/t15-,16+,19+/m0/s1. The molecule has 6 heteroatoms. The first-order valence-corrected chi connectivity index (χ1v) is 7.81. The highest BCUT2D eigenvalue weighted by Gasteiger charge is 2.37. The fourth-order valence-corrected chi connectivity index (χ4v) is 3.35. The highest BCUT2D eigenvalue weighted by molar-refractivity contribution is 5.69. The van der Waals surface area contributed by atoms with Gasteiger partial charge in [-0.05, 0) is 28.3 Å². The Balaban J connectivity index is 2.16. The van der Waals surface area contributed by atoms with E-state index in [1.54, 1.807) is 24.4 Å². The predicted molar refractivity (Wildman–Crippen MR) is 90.2 cm³/mol. The molecule has 4 nitrogen and oxygen atoms in total. The van der Waals surface area contributed by atoms with Gasteiger partial charge in [0, 0.05) is 29.7 Å². The Morgan fingerprint density at radius 1 is 1.44 bits per heavy atom.